The Balaban J connectivity index is 2.59. The lowest BCUT2D eigenvalue weighted by Crippen LogP contribution is -2.25. The van der Waals surface area contributed by atoms with Crippen molar-refractivity contribution in [3.8, 4) is 5.75 Å². The Morgan fingerprint density at radius 1 is 1.22 bits per heavy atom. The molecule has 3 nitrogen and oxygen atoms in total. The number of methoxy groups -OCH3 is 1. The topological polar surface area (TPSA) is 41.5 Å². The van der Waals surface area contributed by atoms with Crippen molar-refractivity contribution in [3.05, 3.63) is 29.8 Å². The van der Waals surface area contributed by atoms with Crippen molar-refractivity contribution < 1.29 is 9.84 Å². The van der Waals surface area contributed by atoms with Gasteiger partial charge in [-0.15, -0.1) is 0 Å². The Bertz CT molecular complexity index is 341. The van der Waals surface area contributed by atoms with Gasteiger partial charge in [-0.2, -0.15) is 0 Å². The highest BCUT2D eigenvalue weighted by atomic mass is 16.5. The molecule has 0 bridgehead atoms. The van der Waals surface area contributed by atoms with E-state index >= 15 is 0 Å². The third kappa shape index (κ3) is 4.31. The second-order valence-corrected chi connectivity index (χ2v) is 4.51. The molecule has 0 spiro atoms. The van der Waals surface area contributed by atoms with Crippen LogP contribution in [0.5, 0.6) is 5.75 Å². The first-order valence-corrected chi connectivity index (χ1v) is 6.77. The van der Waals surface area contributed by atoms with Crippen molar-refractivity contribution in [2.45, 2.75) is 45.3 Å². The predicted octanol–water partition coefficient (Wildman–Crippen LogP) is 2.90. The summed E-state index contributed by atoms with van der Waals surface area (Å²) in [5.74, 6) is 0.924. The maximum absolute atomic E-state index is 9.55. The van der Waals surface area contributed by atoms with E-state index in [1.54, 1.807) is 7.11 Å². The lowest BCUT2D eigenvalue weighted by atomic mass is 10.0. The van der Waals surface area contributed by atoms with Crippen LogP contribution in [0.15, 0.2) is 24.3 Å². The number of benzene rings is 1. The zero-order chi connectivity index (χ0) is 13.4. The van der Waals surface area contributed by atoms with Gasteiger partial charge in [0.05, 0.1) is 13.2 Å². The maximum Gasteiger partial charge on any atom is 0.123 e. The molecule has 18 heavy (non-hydrogen) atoms. The van der Waals surface area contributed by atoms with Gasteiger partial charge in [0.2, 0.25) is 0 Å². The van der Waals surface area contributed by atoms with Gasteiger partial charge in [0.1, 0.15) is 5.75 Å². The molecule has 3 heteroatoms. The zero-order valence-electron chi connectivity index (χ0n) is 11.6. The molecule has 0 aliphatic heterocycles. The fourth-order valence-corrected chi connectivity index (χ4v) is 2.06. The number of aliphatic hydroxyl groups excluding tert-OH is 1. The second kappa shape index (κ2) is 8.11. The number of hydrogen-bond donors (Lipinski definition) is 2. The lowest BCUT2D eigenvalue weighted by molar-refractivity contribution is 0.158. The summed E-state index contributed by atoms with van der Waals surface area (Å²) >= 11 is 0. The molecule has 0 fully saturated rings. The summed E-state index contributed by atoms with van der Waals surface area (Å²) < 4.78 is 5.39. The van der Waals surface area contributed by atoms with Gasteiger partial charge in [0, 0.05) is 11.6 Å². The van der Waals surface area contributed by atoms with E-state index in [9.17, 15) is 5.11 Å². The highest BCUT2D eigenvalue weighted by Crippen LogP contribution is 2.26. The molecule has 0 aliphatic carbocycles. The van der Waals surface area contributed by atoms with Gasteiger partial charge in [-0.05, 0) is 31.9 Å². The maximum atomic E-state index is 9.55. The van der Waals surface area contributed by atoms with Gasteiger partial charge in [-0.25, -0.2) is 0 Å². The van der Waals surface area contributed by atoms with Crippen LogP contribution in [0.2, 0.25) is 0 Å². The van der Waals surface area contributed by atoms with E-state index < -0.39 is 0 Å². The summed E-state index contributed by atoms with van der Waals surface area (Å²) in [4.78, 5) is 0. The van der Waals surface area contributed by atoms with Gasteiger partial charge in [0.25, 0.3) is 0 Å². The van der Waals surface area contributed by atoms with Crippen molar-refractivity contribution in [1.29, 1.82) is 0 Å². The molecule has 1 aromatic rings. The Kier molecular flexibility index (Phi) is 6.76. The van der Waals surface area contributed by atoms with Crippen molar-refractivity contribution in [1.82, 2.24) is 5.32 Å². The molecule has 2 atom stereocenters. The van der Waals surface area contributed by atoms with Crippen molar-refractivity contribution in [2.24, 2.45) is 0 Å². The minimum absolute atomic E-state index is 0.201. The van der Waals surface area contributed by atoms with Crippen molar-refractivity contribution >= 4 is 0 Å². The Morgan fingerprint density at radius 2 is 1.94 bits per heavy atom. The molecule has 2 unspecified atom stereocenters. The molecule has 1 rings (SSSR count). The molecule has 102 valence electrons. The number of nitrogens with one attached hydrogen (secondary N) is 1. The normalized spacial score (nSPS) is 14.2. The summed E-state index contributed by atoms with van der Waals surface area (Å²) in [6.45, 7) is 4.98. The molecular formula is C15H25NO2. The Hall–Kier alpha value is -1.06. The lowest BCUT2D eigenvalue weighted by Gasteiger charge is -2.20. The van der Waals surface area contributed by atoms with Gasteiger partial charge < -0.3 is 15.2 Å². The van der Waals surface area contributed by atoms with E-state index in [0.29, 0.717) is 0 Å². The van der Waals surface area contributed by atoms with Crippen molar-refractivity contribution in [2.75, 3.05) is 13.7 Å². The third-order valence-electron chi connectivity index (χ3n) is 3.26. The Morgan fingerprint density at radius 3 is 2.56 bits per heavy atom. The monoisotopic (exact) mass is 251 g/mol. The van der Waals surface area contributed by atoms with Crippen LogP contribution in [-0.4, -0.2) is 24.9 Å². The molecule has 0 amide bonds. The van der Waals surface area contributed by atoms with Gasteiger partial charge in [-0.1, -0.05) is 32.0 Å². The summed E-state index contributed by atoms with van der Waals surface area (Å²) in [5.41, 5.74) is 1.19. The van der Waals surface area contributed by atoms with Crippen molar-refractivity contribution in [3.63, 3.8) is 0 Å². The van der Waals surface area contributed by atoms with E-state index in [1.807, 2.05) is 25.1 Å². The van der Waals surface area contributed by atoms with E-state index in [0.717, 1.165) is 31.6 Å². The standard InChI is InChI=1S/C15H25NO2/c1-4-12(17)10-11-16-14(5-2)13-8-6-7-9-15(13)18-3/h6-9,12,14,16-17H,4-5,10-11H2,1-3H3. The van der Waals surface area contributed by atoms with Crippen LogP contribution in [-0.2, 0) is 0 Å². The quantitative estimate of drug-likeness (QED) is 0.746. The smallest absolute Gasteiger partial charge is 0.123 e. The van der Waals surface area contributed by atoms with Gasteiger partial charge >= 0.3 is 0 Å². The molecule has 1 aromatic carbocycles. The average molecular weight is 251 g/mol. The summed E-state index contributed by atoms with van der Waals surface area (Å²) in [5, 5.41) is 13.0. The number of hydrogen-bond acceptors (Lipinski definition) is 3. The second-order valence-electron chi connectivity index (χ2n) is 4.51. The predicted molar refractivity (Wildman–Crippen MR) is 74.9 cm³/mol. The van der Waals surface area contributed by atoms with Crippen LogP contribution >= 0.6 is 0 Å². The van der Waals surface area contributed by atoms with Gasteiger partial charge in [0.15, 0.2) is 0 Å². The summed E-state index contributed by atoms with van der Waals surface area (Å²) in [6, 6.07) is 8.38. The molecular weight excluding hydrogens is 226 g/mol. The van der Waals surface area contributed by atoms with E-state index in [-0.39, 0.29) is 12.1 Å². The summed E-state index contributed by atoms with van der Waals surface area (Å²) in [7, 11) is 1.70. The highest BCUT2D eigenvalue weighted by molar-refractivity contribution is 5.35. The van der Waals surface area contributed by atoms with Crippen LogP contribution in [0.25, 0.3) is 0 Å². The first-order chi connectivity index (χ1) is 8.72. The molecule has 0 saturated heterocycles. The zero-order valence-corrected chi connectivity index (χ0v) is 11.6. The first kappa shape index (κ1) is 15.0. The SMILES string of the molecule is CCC(O)CCNC(CC)c1ccccc1OC. The minimum atomic E-state index is -0.201. The van der Waals surface area contributed by atoms with Crippen LogP contribution in [0.4, 0.5) is 0 Å². The van der Waals surface area contributed by atoms with Crippen LogP contribution in [0.3, 0.4) is 0 Å². The largest absolute Gasteiger partial charge is 0.496 e. The molecule has 0 aromatic heterocycles. The van der Waals surface area contributed by atoms with Crippen LogP contribution < -0.4 is 10.1 Å². The number of rotatable bonds is 8. The Labute approximate surface area is 110 Å². The van der Waals surface area contributed by atoms with Crippen LogP contribution in [0.1, 0.15) is 44.7 Å². The fraction of sp³-hybridized carbons (Fsp3) is 0.600. The van der Waals surface area contributed by atoms with E-state index in [1.165, 1.54) is 5.56 Å². The number of ether oxygens (including phenoxy) is 1. The molecule has 0 saturated carbocycles. The summed E-state index contributed by atoms with van der Waals surface area (Å²) in [6.07, 6.45) is 2.41. The fourth-order valence-electron chi connectivity index (χ4n) is 2.06. The number of aliphatic hydroxyl groups is 1. The minimum Gasteiger partial charge on any atom is -0.496 e. The third-order valence-corrected chi connectivity index (χ3v) is 3.26. The number of para-hydroxylation sites is 1. The molecule has 0 aliphatic rings. The van der Waals surface area contributed by atoms with Gasteiger partial charge in [-0.3, -0.25) is 0 Å². The van der Waals surface area contributed by atoms with Crippen LogP contribution in [0, 0.1) is 0 Å². The molecule has 0 radical (unpaired) electrons. The van der Waals surface area contributed by atoms with E-state index in [2.05, 4.69) is 18.3 Å². The molecule has 2 N–H and O–H groups in total. The first-order valence-electron chi connectivity index (χ1n) is 6.77. The highest BCUT2D eigenvalue weighted by Gasteiger charge is 2.13. The molecule has 0 heterocycles. The van der Waals surface area contributed by atoms with E-state index in [4.69, 9.17) is 4.74 Å². The average Bonchev–Trinajstić information content (AvgIpc) is 2.43.